The summed E-state index contributed by atoms with van der Waals surface area (Å²) in [6, 6.07) is 7.29. The average molecular weight is 292 g/mol. The van der Waals surface area contributed by atoms with E-state index < -0.39 is 15.1 Å². The quantitative estimate of drug-likeness (QED) is 0.899. The molecule has 1 aliphatic rings. The van der Waals surface area contributed by atoms with E-state index in [1.165, 1.54) is 0 Å². The molecule has 5 nitrogen and oxygen atoms in total. The molecular formula is C14H16N2O3S. The summed E-state index contributed by atoms with van der Waals surface area (Å²) in [5.41, 5.74) is 1.46. The molecule has 1 amide bonds. The lowest BCUT2D eigenvalue weighted by Gasteiger charge is -2.11. The molecule has 1 unspecified atom stereocenters. The maximum absolute atomic E-state index is 12.2. The first-order chi connectivity index (χ1) is 9.58. The van der Waals surface area contributed by atoms with Crippen molar-refractivity contribution in [3.05, 3.63) is 36.0 Å². The molecule has 3 rings (SSSR count). The molecule has 1 atom stereocenters. The van der Waals surface area contributed by atoms with Crippen molar-refractivity contribution in [3.63, 3.8) is 0 Å². The molecule has 2 heterocycles. The first-order valence-electron chi connectivity index (χ1n) is 6.64. The molecule has 20 heavy (non-hydrogen) atoms. The summed E-state index contributed by atoms with van der Waals surface area (Å²) in [5.74, 6) is 0.0123. The smallest absolute Gasteiger partial charge is 0.252 e. The second kappa shape index (κ2) is 4.94. The van der Waals surface area contributed by atoms with Gasteiger partial charge in [0.1, 0.15) is 0 Å². The lowest BCUT2D eigenvalue weighted by Crippen LogP contribution is -2.34. The van der Waals surface area contributed by atoms with Crippen LogP contribution in [-0.2, 0) is 9.84 Å². The highest BCUT2D eigenvalue weighted by atomic mass is 32.2. The lowest BCUT2D eigenvalue weighted by atomic mass is 10.1. The van der Waals surface area contributed by atoms with Crippen LogP contribution in [0.3, 0.4) is 0 Å². The zero-order chi connectivity index (χ0) is 14.2. The highest BCUT2D eigenvalue weighted by Gasteiger charge is 2.31. The molecule has 1 fully saturated rings. The molecule has 0 radical (unpaired) electrons. The predicted molar refractivity (Wildman–Crippen MR) is 77.4 cm³/mol. The number of carbonyl (C=O) groups is 1. The molecule has 0 aliphatic carbocycles. The zero-order valence-electron chi connectivity index (χ0n) is 10.9. The van der Waals surface area contributed by atoms with Gasteiger partial charge < -0.3 is 10.3 Å². The largest absolute Gasteiger partial charge is 0.361 e. The van der Waals surface area contributed by atoms with Crippen LogP contribution in [0.15, 0.2) is 30.5 Å². The fourth-order valence-electron chi connectivity index (χ4n) is 2.67. The molecule has 1 aromatic carbocycles. The van der Waals surface area contributed by atoms with Gasteiger partial charge in [-0.15, -0.1) is 0 Å². The van der Waals surface area contributed by atoms with Crippen molar-refractivity contribution in [2.24, 2.45) is 0 Å². The summed E-state index contributed by atoms with van der Waals surface area (Å²) < 4.78 is 23.5. The Hall–Kier alpha value is -1.82. The van der Waals surface area contributed by atoms with E-state index in [0.29, 0.717) is 18.4 Å². The lowest BCUT2D eigenvalue weighted by molar-refractivity contribution is 0.0955. The number of H-pyrrole nitrogens is 1. The third-order valence-corrected chi connectivity index (χ3v) is 6.07. The second-order valence-electron chi connectivity index (χ2n) is 5.09. The van der Waals surface area contributed by atoms with Gasteiger partial charge in [-0.3, -0.25) is 4.79 Å². The van der Waals surface area contributed by atoms with Crippen LogP contribution < -0.4 is 5.32 Å². The number of hydrogen-bond acceptors (Lipinski definition) is 3. The third kappa shape index (κ3) is 2.31. The number of nitrogens with one attached hydrogen (secondary N) is 2. The van der Waals surface area contributed by atoms with Crippen LogP contribution in [0.5, 0.6) is 0 Å². The molecule has 0 spiro atoms. The number of benzene rings is 1. The first kappa shape index (κ1) is 13.2. The van der Waals surface area contributed by atoms with Gasteiger partial charge in [-0.25, -0.2) is 8.42 Å². The topological polar surface area (TPSA) is 79.0 Å². The van der Waals surface area contributed by atoms with Crippen molar-refractivity contribution >= 4 is 26.6 Å². The fraction of sp³-hybridized carbons (Fsp3) is 0.357. The SMILES string of the molecule is O=C(NCC1CCCS1(=O)=O)c1cccc2[nH]ccc12. The standard InChI is InChI=1S/C14H16N2O3S/c17-14(16-9-10-3-2-8-20(10,18)19)12-4-1-5-13-11(12)6-7-15-13/h1,4-7,10,15H,2-3,8-9H2,(H,16,17). The third-order valence-electron chi connectivity index (χ3n) is 3.79. The van der Waals surface area contributed by atoms with Crippen LogP contribution in [0, 0.1) is 0 Å². The minimum Gasteiger partial charge on any atom is -0.361 e. The summed E-state index contributed by atoms with van der Waals surface area (Å²) in [7, 11) is -3.02. The second-order valence-corrected chi connectivity index (χ2v) is 7.49. The summed E-state index contributed by atoms with van der Waals surface area (Å²) in [6.07, 6.45) is 3.11. The molecule has 1 aromatic heterocycles. The molecule has 0 bridgehead atoms. The van der Waals surface area contributed by atoms with E-state index >= 15 is 0 Å². The molecule has 0 saturated carbocycles. The van der Waals surface area contributed by atoms with E-state index in [0.717, 1.165) is 10.9 Å². The minimum atomic E-state index is -3.02. The highest BCUT2D eigenvalue weighted by molar-refractivity contribution is 7.92. The number of carbonyl (C=O) groups excluding carboxylic acids is 1. The molecule has 106 valence electrons. The minimum absolute atomic E-state index is 0.196. The Morgan fingerprint density at radius 3 is 2.95 bits per heavy atom. The summed E-state index contributed by atoms with van der Waals surface area (Å²) in [4.78, 5) is 15.3. The van der Waals surface area contributed by atoms with E-state index in [1.807, 2.05) is 12.1 Å². The number of aromatic amines is 1. The molecule has 1 aliphatic heterocycles. The molecule has 6 heteroatoms. The van der Waals surface area contributed by atoms with Gasteiger partial charge >= 0.3 is 0 Å². The fourth-order valence-corrected chi connectivity index (χ4v) is 4.44. The van der Waals surface area contributed by atoms with Crippen LogP contribution in [0.4, 0.5) is 0 Å². The Labute approximate surface area is 117 Å². The van der Waals surface area contributed by atoms with Gasteiger partial charge in [-0.05, 0) is 31.0 Å². The normalized spacial score (nSPS) is 21.1. The summed E-state index contributed by atoms with van der Waals surface area (Å²) in [5, 5.41) is 3.16. The van der Waals surface area contributed by atoms with Gasteiger partial charge in [0, 0.05) is 29.2 Å². The number of aromatic nitrogens is 1. The Morgan fingerprint density at radius 1 is 1.35 bits per heavy atom. The number of hydrogen-bond donors (Lipinski definition) is 2. The van der Waals surface area contributed by atoms with E-state index in [-0.39, 0.29) is 18.2 Å². The Morgan fingerprint density at radius 2 is 2.20 bits per heavy atom. The monoisotopic (exact) mass is 292 g/mol. The average Bonchev–Trinajstić information content (AvgIpc) is 3.01. The van der Waals surface area contributed by atoms with Crippen molar-refractivity contribution in [2.75, 3.05) is 12.3 Å². The Kier molecular flexibility index (Phi) is 3.25. The maximum atomic E-state index is 12.2. The molecule has 2 aromatic rings. The van der Waals surface area contributed by atoms with E-state index in [2.05, 4.69) is 10.3 Å². The maximum Gasteiger partial charge on any atom is 0.252 e. The zero-order valence-corrected chi connectivity index (χ0v) is 11.7. The first-order valence-corrected chi connectivity index (χ1v) is 8.35. The summed E-state index contributed by atoms with van der Waals surface area (Å²) >= 11 is 0. The van der Waals surface area contributed by atoms with Crippen LogP contribution >= 0.6 is 0 Å². The van der Waals surface area contributed by atoms with Crippen LogP contribution in [0.25, 0.3) is 10.9 Å². The Bertz CT molecular complexity index is 749. The van der Waals surface area contributed by atoms with E-state index in [4.69, 9.17) is 0 Å². The van der Waals surface area contributed by atoms with Crippen molar-refractivity contribution in [1.29, 1.82) is 0 Å². The molecular weight excluding hydrogens is 276 g/mol. The molecule has 1 saturated heterocycles. The van der Waals surface area contributed by atoms with Crippen molar-refractivity contribution < 1.29 is 13.2 Å². The van der Waals surface area contributed by atoms with E-state index in [9.17, 15) is 13.2 Å². The highest BCUT2D eigenvalue weighted by Crippen LogP contribution is 2.20. The van der Waals surface area contributed by atoms with Gasteiger partial charge in [0.15, 0.2) is 9.84 Å². The number of amides is 1. The predicted octanol–water partition coefficient (Wildman–Crippen LogP) is 1.47. The van der Waals surface area contributed by atoms with Crippen LogP contribution in [0.1, 0.15) is 23.2 Å². The van der Waals surface area contributed by atoms with Crippen LogP contribution in [0.2, 0.25) is 0 Å². The number of fused-ring (bicyclic) bond motifs is 1. The Balaban J connectivity index is 1.75. The van der Waals surface area contributed by atoms with Gasteiger partial charge in [0.2, 0.25) is 0 Å². The number of sulfone groups is 1. The van der Waals surface area contributed by atoms with Gasteiger partial charge in [0.25, 0.3) is 5.91 Å². The van der Waals surface area contributed by atoms with E-state index in [1.54, 1.807) is 18.3 Å². The van der Waals surface area contributed by atoms with Gasteiger partial charge in [-0.2, -0.15) is 0 Å². The molecule has 2 N–H and O–H groups in total. The van der Waals surface area contributed by atoms with Gasteiger partial charge in [0.05, 0.1) is 11.0 Å². The van der Waals surface area contributed by atoms with Crippen LogP contribution in [-0.4, -0.2) is 36.9 Å². The van der Waals surface area contributed by atoms with Crippen molar-refractivity contribution in [1.82, 2.24) is 10.3 Å². The van der Waals surface area contributed by atoms with Crippen molar-refractivity contribution in [3.8, 4) is 0 Å². The summed E-state index contributed by atoms with van der Waals surface area (Å²) in [6.45, 7) is 0.196. The van der Waals surface area contributed by atoms with Crippen molar-refractivity contribution in [2.45, 2.75) is 18.1 Å². The number of rotatable bonds is 3. The van der Waals surface area contributed by atoms with Gasteiger partial charge in [-0.1, -0.05) is 6.07 Å².